The summed E-state index contributed by atoms with van der Waals surface area (Å²) in [6.45, 7) is 0. The van der Waals surface area contributed by atoms with Crippen LogP contribution in [-0.2, 0) is 0 Å². The van der Waals surface area contributed by atoms with Gasteiger partial charge in [-0.15, -0.1) is 0 Å². The summed E-state index contributed by atoms with van der Waals surface area (Å²) >= 11 is 6.17. The van der Waals surface area contributed by atoms with E-state index < -0.39 is 0 Å². The number of carbonyl (C=O) groups is 1. The van der Waals surface area contributed by atoms with E-state index in [0.717, 1.165) is 31.4 Å². The highest BCUT2D eigenvalue weighted by Crippen LogP contribution is 2.27. The van der Waals surface area contributed by atoms with Crippen molar-refractivity contribution in [2.75, 3.05) is 24.3 Å². The molecule has 0 aliphatic heterocycles. The number of anilines is 2. The molecule has 0 bridgehead atoms. The predicted octanol–water partition coefficient (Wildman–Crippen LogP) is 2.83. The fraction of sp³-hybridized carbons (Fsp3) is 0.533. The van der Waals surface area contributed by atoms with E-state index in [-0.39, 0.29) is 18.2 Å². The summed E-state index contributed by atoms with van der Waals surface area (Å²) in [5, 5.41) is 15.8. The minimum Gasteiger partial charge on any atom is -0.393 e. The van der Waals surface area contributed by atoms with Crippen molar-refractivity contribution in [1.29, 1.82) is 0 Å². The predicted molar refractivity (Wildman–Crippen MR) is 86.2 cm³/mol. The third-order valence-corrected chi connectivity index (χ3v) is 4.02. The number of benzene rings is 1. The van der Waals surface area contributed by atoms with Crippen LogP contribution in [-0.4, -0.2) is 37.4 Å². The van der Waals surface area contributed by atoms with Gasteiger partial charge in [-0.2, -0.15) is 0 Å². The monoisotopic (exact) mass is 311 g/mol. The summed E-state index contributed by atoms with van der Waals surface area (Å²) in [6, 6.07) is 5.33. The Morgan fingerprint density at radius 3 is 2.52 bits per heavy atom. The second kappa shape index (κ2) is 7.00. The van der Waals surface area contributed by atoms with Crippen molar-refractivity contribution in [2.24, 2.45) is 0 Å². The summed E-state index contributed by atoms with van der Waals surface area (Å²) < 4.78 is 0. The Balaban J connectivity index is 1.89. The van der Waals surface area contributed by atoms with E-state index in [1.54, 1.807) is 6.07 Å². The Bertz CT molecular complexity index is 500. The van der Waals surface area contributed by atoms with E-state index in [1.165, 1.54) is 0 Å². The van der Waals surface area contributed by atoms with Crippen molar-refractivity contribution < 1.29 is 9.90 Å². The zero-order valence-electron chi connectivity index (χ0n) is 12.4. The molecule has 21 heavy (non-hydrogen) atoms. The lowest BCUT2D eigenvalue weighted by atomic mass is 9.93. The molecule has 1 aromatic rings. The van der Waals surface area contributed by atoms with E-state index in [2.05, 4.69) is 10.6 Å². The first-order valence-electron chi connectivity index (χ1n) is 7.18. The van der Waals surface area contributed by atoms with Gasteiger partial charge in [0.2, 0.25) is 0 Å². The van der Waals surface area contributed by atoms with Gasteiger partial charge < -0.3 is 20.6 Å². The van der Waals surface area contributed by atoms with Crippen molar-refractivity contribution in [3.8, 4) is 0 Å². The maximum Gasteiger partial charge on any atom is 0.319 e. The summed E-state index contributed by atoms with van der Waals surface area (Å²) in [7, 11) is 3.83. The van der Waals surface area contributed by atoms with Crippen LogP contribution in [0.1, 0.15) is 25.7 Å². The van der Waals surface area contributed by atoms with Crippen molar-refractivity contribution in [1.82, 2.24) is 5.32 Å². The van der Waals surface area contributed by atoms with Crippen LogP contribution in [0.25, 0.3) is 0 Å². The molecular formula is C15H22ClN3O2. The summed E-state index contributed by atoms with van der Waals surface area (Å²) in [5.41, 5.74) is 1.57. The van der Waals surface area contributed by atoms with Crippen molar-refractivity contribution in [3.63, 3.8) is 0 Å². The topological polar surface area (TPSA) is 64.6 Å². The molecule has 0 unspecified atom stereocenters. The van der Waals surface area contributed by atoms with Gasteiger partial charge in [-0.3, -0.25) is 0 Å². The van der Waals surface area contributed by atoms with Crippen LogP contribution in [0.15, 0.2) is 18.2 Å². The average Bonchev–Trinajstić information content (AvgIpc) is 2.41. The molecule has 1 saturated carbocycles. The quantitative estimate of drug-likeness (QED) is 0.804. The maximum absolute atomic E-state index is 12.0. The minimum absolute atomic E-state index is 0.130. The van der Waals surface area contributed by atoms with Gasteiger partial charge in [0.1, 0.15) is 0 Å². The number of aliphatic hydroxyl groups is 1. The molecular weight excluding hydrogens is 290 g/mol. The smallest absolute Gasteiger partial charge is 0.319 e. The van der Waals surface area contributed by atoms with Crippen LogP contribution < -0.4 is 15.5 Å². The second-order valence-corrected chi connectivity index (χ2v) is 6.07. The van der Waals surface area contributed by atoms with E-state index in [9.17, 15) is 9.90 Å². The maximum atomic E-state index is 12.0. The fourth-order valence-corrected chi connectivity index (χ4v) is 2.87. The zero-order valence-corrected chi connectivity index (χ0v) is 13.2. The Labute approximate surface area is 130 Å². The summed E-state index contributed by atoms with van der Waals surface area (Å²) in [6.07, 6.45) is 2.90. The molecule has 0 aromatic heterocycles. The van der Waals surface area contributed by atoms with Crippen LogP contribution in [0.4, 0.5) is 16.2 Å². The lowest BCUT2D eigenvalue weighted by molar-refractivity contribution is 0.118. The molecule has 1 aliphatic carbocycles. The highest BCUT2D eigenvalue weighted by Gasteiger charge is 2.20. The van der Waals surface area contributed by atoms with Crippen LogP contribution in [0, 0.1) is 0 Å². The molecule has 0 heterocycles. The first-order chi connectivity index (χ1) is 9.95. The van der Waals surface area contributed by atoms with Crippen molar-refractivity contribution >= 4 is 29.0 Å². The molecule has 1 aromatic carbocycles. The van der Waals surface area contributed by atoms with Gasteiger partial charge in [0, 0.05) is 25.8 Å². The number of urea groups is 1. The van der Waals surface area contributed by atoms with Crippen molar-refractivity contribution in [3.05, 3.63) is 23.2 Å². The number of aliphatic hydroxyl groups excluding tert-OH is 1. The number of halogens is 1. The molecule has 3 N–H and O–H groups in total. The van der Waals surface area contributed by atoms with E-state index >= 15 is 0 Å². The van der Waals surface area contributed by atoms with Crippen LogP contribution in [0.3, 0.4) is 0 Å². The molecule has 6 heteroatoms. The normalized spacial score (nSPS) is 21.7. The van der Waals surface area contributed by atoms with Crippen LogP contribution in [0.5, 0.6) is 0 Å². The molecule has 0 saturated heterocycles. The lowest BCUT2D eigenvalue weighted by Gasteiger charge is -2.26. The van der Waals surface area contributed by atoms with Crippen molar-refractivity contribution in [2.45, 2.75) is 37.8 Å². The van der Waals surface area contributed by atoms with Gasteiger partial charge in [0.15, 0.2) is 0 Å². The third kappa shape index (κ3) is 4.51. The standard InChI is InChI=1S/C15H22ClN3O2/c1-19(2)14-8-5-11(9-13(14)16)18-15(21)17-10-3-6-12(20)7-4-10/h5,8-10,12,20H,3-4,6-7H2,1-2H3,(H2,17,18,21). The number of amides is 2. The largest absolute Gasteiger partial charge is 0.393 e. The van der Waals surface area contributed by atoms with E-state index in [4.69, 9.17) is 11.6 Å². The average molecular weight is 312 g/mol. The third-order valence-electron chi connectivity index (χ3n) is 3.72. The number of nitrogens with zero attached hydrogens (tertiary/aromatic N) is 1. The Kier molecular flexibility index (Phi) is 5.31. The van der Waals surface area contributed by atoms with Gasteiger partial charge in [-0.25, -0.2) is 4.79 Å². The number of hydrogen-bond donors (Lipinski definition) is 3. The highest BCUT2D eigenvalue weighted by molar-refractivity contribution is 6.33. The summed E-state index contributed by atoms with van der Waals surface area (Å²) in [5.74, 6) is 0. The Morgan fingerprint density at radius 2 is 1.95 bits per heavy atom. The van der Waals surface area contributed by atoms with Gasteiger partial charge in [0.25, 0.3) is 0 Å². The molecule has 0 spiro atoms. The van der Waals surface area contributed by atoms with Crippen LogP contribution in [0.2, 0.25) is 5.02 Å². The molecule has 1 aliphatic rings. The lowest BCUT2D eigenvalue weighted by Crippen LogP contribution is -2.40. The van der Waals surface area contributed by atoms with Gasteiger partial charge in [-0.05, 0) is 43.9 Å². The molecule has 0 atom stereocenters. The molecule has 116 valence electrons. The molecule has 1 fully saturated rings. The van der Waals surface area contributed by atoms with Gasteiger partial charge in [0.05, 0.1) is 16.8 Å². The number of hydrogen-bond acceptors (Lipinski definition) is 3. The SMILES string of the molecule is CN(C)c1ccc(NC(=O)NC2CCC(O)CC2)cc1Cl. The fourth-order valence-electron chi connectivity index (χ4n) is 2.52. The highest BCUT2D eigenvalue weighted by atomic mass is 35.5. The molecule has 5 nitrogen and oxygen atoms in total. The molecule has 2 rings (SSSR count). The Hall–Kier alpha value is -1.46. The zero-order chi connectivity index (χ0) is 15.4. The van der Waals surface area contributed by atoms with E-state index in [1.807, 2.05) is 31.1 Å². The van der Waals surface area contributed by atoms with Crippen LogP contribution >= 0.6 is 11.6 Å². The molecule has 2 amide bonds. The number of rotatable bonds is 3. The summed E-state index contributed by atoms with van der Waals surface area (Å²) in [4.78, 5) is 13.9. The van der Waals surface area contributed by atoms with Gasteiger partial charge >= 0.3 is 6.03 Å². The second-order valence-electron chi connectivity index (χ2n) is 5.66. The minimum atomic E-state index is -0.231. The first kappa shape index (κ1) is 15.9. The number of carbonyl (C=O) groups excluding carboxylic acids is 1. The number of nitrogens with one attached hydrogen (secondary N) is 2. The van der Waals surface area contributed by atoms with E-state index in [0.29, 0.717) is 10.7 Å². The Morgan fingerprint density at radius 1 is 1.29 bits per heavy atom. The molecule has 0 radical (unpaired) electrons. The van der Waals surface area contributed by atoms with Gasteiger partial charge in [-0.1, -0.05) is 11.6 Å². The first-order valence-corrected chi connectivity index (χ1v) is 7.56.